The first kappa shape index (κ1) is 17.6. The van der Waals surface area contributed by atoms with E-state index < -0.39 is 10.0 Å². The number of sulfonamides is 1. The fourth-order valence-electron chi connectivity index (χ4n) is 3.24. The first-order valence-electron chi connectivity index (χ1n) is 8.47. The van der Waals surface area contributed by atoms with Gasteiger partial charge >= 0.3 is 0 Å². The number of anilines is 3. The summed E-state index contributed by atoms with van der Waals surface area (Å²) in [5.41, 5.74) is 5.73. The highest BCUT2D eigenvalue weighted by Crippen LogP contribution is 2.26. The second-order valence-electron chi connectivity index (χ2n) is 6.61. The van der Waals surface area contributed by atoms with Crippen LogP contribution in [0, 0.1) is 13.8 Å². The van der Waals surface area contributed by atoms with Crippen LogP contribution in [0.25, 0.3) is 0 Å². The van der Waals surface area contributed by atoms with Gasteiger partial charge in [0.05, 0.1) is 6.26 Å². The van der Waals surface area contributed by atoms with E-state index >= 15 is 0 Å². The van der Waals surface area contributed by atoms with Crippen LogP contribution < -0.4 is 14.5 Å². The molecule has 25 heavy (non-hydrogen) atoms. The van der Waals surface area contributed by atoms with E-state index in [4.69, 9.17) is 0 Å². The highest BCUT2D eigenvalue weighted by molar-refractivity contribution is 7.92. The molecule has 1 aliphatic rings. The van der Waals surface area contributed by atoms with Crippen LogP contribution in [0.4, 0.5) is 17.1 Å². The van der Waals surface area contributed by atoms with Crippen molar-refractivity contribution in [3.63, 3.8) is 0 Å². The number of rotatable bonds is 4. The Labute approximate surface area is 150 Å². The first-order chi connectivity index (χ1) is 11.8. The summed E-state index contributed by atoms with van der Waals surface area (Å²) in [6.45, 7) is 8.20. The van der Waals surface area contributed by atoms with E-state index in [-0.39, 0.29) is 0 Å². The molecule has 134 valence electrons. The van der Waals surface area contributed by atoms with Crippen LogP contribution in [0.5, 0.6) is 0 Å². The Hall–Kier alpha value is -2.21. The molecule has 1 N–H and O–H groups in total. The monoisotopic (exact) mass is 359 g/mol. The molecular weight excluding hydrogens is 334 g/mol. The normalized spacial score (nSPS) is 15.3. The van der Waals surface area contributed by atoms with Crippen molar-refractivity contribution in [2.45, 2.75) is 13.8 Å². The SMILES string of the molecule is Cc1cccc(N2CCN(c3ccc(NS(C)(=O)=O)cc3)CC2)c1C. The molecule has 0 amide bonds. The molecule has 0 unspecified atom stereocenters. The Bertz CT molecular complexity index is 839. The lowest BCUT2D eigenvalue weighted by Crippen LogP contribution is -2.46. The third-order valence-electron chi connectivity index (χ3n) is 4.73. The van der Waals surface area contributed by atoms with Crippen molar-refractivity contribution in [2.24, 2.45) is 0 Å². The van der Waals surface area contributed by atoms with Gasteiger partial charge < -0.3 is 9.80 Å². The summed E-state index contributed by atoms with van der Waals surface area (Å²) in [5, 5.41) is 0. The van der Waals surface area contributed by atoms with Crippen LogP contribution in [0.15, 0.2) is 42.5 Å². The number of benzene rings is 2. The van der Waals surface area contributed by atoms with Crippen LogP contribution >= 0.6 is 0 Å². The predicted molar refractivity (Wildman–Crippen MR) is 105 cm³/mol. The lowest BCUT2D eigenvalue weighted by Gasteiger charge is -2.38. The molecule has 3 rings (SSSR count). The van der Waals surface area contributed by atoms with Gasteiger partial charge in [-0.1, -0.05) is 12.1 Å². The zero-order valence-electron chi connectivity index (χ0n) is 15.0. The minimum Gasteiger partial charge on any atom is -0.368 e. The fourth-order valence-corrected chi connectivity index (χ4v) is 3.80. The summed E-state index contributed by atoms with van der Waals surface area (Å²) in [7, 11) is -3.23. The smallest absolute Gasteiger partial charge is 0.229 e. The van der Waals surface area contributed by atoms with Gasteiger partial charge in [-0.25, -0.2) is 8.42 Å². The number of hydrogen-bond donors (Lipinski definition) is 1. The van der Waals surface area contributed by atoms with Crippen LogP contribution in [-0.4, -0.2) is 40.9 Å². The Morgan fingerprint density at radius 3 is 2.08 bits per heavy atom. The van der Waals surface area contributed by atoms with Crippen molar-refractivity contribution in [2.75, 3.05) is 47.0 Å². The molecule has 2 aromatic rings. The topological polar surface area (TPSA) is 52.6 Å². The number of nitrogens with one attached hydrogen (secondary N) is 1. The minimum atomic E-state index is -3.23. The van der Waals surface area contributed by atoms with Gasteiger partial charge in [0, 0.05) is 43.2 Å². The second kappa shape index (κ2) is 6.96. The molecule has 2 aromatic carbocycles. The van der Waals surface area contributed by atoms with Gasteiger partial charge in [0.25, 0.3) is 0 Å². The molecule has 0 aromatic heterocycles. The third-order valence-corrected chi connectivity index (χ3v) is 5.34. The highest BCUT2D eigenvalue weighted by Gasteiger charge is 2.19. The van der Waals surface area contributed by atoms with Gasteiger partial charge in [0.2, 0.25) is 10.0 Å². The summed E-state index contributed by atoms with van der Waals surface area (Å²) in [4.78, 5) is 4.78. The molecule has 0 spiro atoms. The summed E-state index contributed by atoms with van der Waals surface area (Å²) < 4.78 is 25.1. The van der Waals surface area contributed by atoms with E-state index in [9.17, 15) is 8.42 Å². The average molecular weight is 359 g/mol. The van der Waals surface area contributed by atoms with Crippen LogP contribution in [0.2, 0.25) is 0 Å². The van der Waals surface area contributed by atoms with Crippen LogP contribution in [0.3, 0.4) is 0 Å². The van der Waals surface area contributed by atoms with Crippen molar-refractivity contribution in [1.29, 1.82) is 0 Å². The quantitative estimate of drug-likeness (QED) is 0.912. The second-order valence-corrected chi connectivity index (χ2v) is 8.36. The standard InChI is InChI=1S/C19H25N3O2S/c1-15-5-4-6-19(16(15)2)22-13-11-21(12-14-22)18-9-7-17(8-10-18)20-25(3,23)24/h4-10,20H,11-14H2,1-3H3. The van der Waals surface area contributed by atoms with Gasteiger partial charge in [0.15, 0.2) is 0 Å². The molecule has 5 nitrogen and oxygen atoms in total. The van der Waals surface area contributed by atoms with E-state index in [2.05, 4.69) is 46.6 Å². The zero-order chi connectivity index (χ0) is 18.0. The Morgan fingerprint density at radius 2 is 1.48 bits per heavy atom. The summed E-state index contributed by atoms with van der Waals surface area (Å²) in [6, 6.07) is 14.0. The molecule has 0 saturated carbocycles. The van der Waals surface area contributed by atoms with E-state index in [1.54, 1.807) is 0 Å². The summed E-state index contributed by atoms with van der Waals surface area (Å²) in [6.07, 6.45) is 1.16. The number of aryl methyl sites for hydroxylation is 1. The molecule has 1 saturated heterocycles. The van der Waals surface area contributed by atoms with Crippen molar-refractivity contribution in [3.05, 3.63) is 53.6 Å². The van der Waals surface area contributed by atoms with Crippen molar-refractivity contribution in [3.8, 4) is 0 Å². The molecule has 1 aliphatic heterocycles. The van der Waals surface area contributed by atoms with E-state index in [0.717, 1.165) is 38.1 Å². The molecule has 0 radical (unpaired) electrons. The average Bonchev–Trinajstić information content (AvgIpc) is 2.57. The minimum absolute atomic E-state index is 0.597. The molecule has 1 heterocycles. The summed E-state index contributed by atoms with van der Waals surface area (Å²) >= 11 is 0. The summed E-state index contributed by atoms with van der Waals surface area (Å²) in [5.74, 6) is 0. The molecule has 0 atom stereocenters. The fraction of sp³-hybridized carbons (Fsp3) is 0.368. The lowest BCUT2D eigenvalue weighted by atomic mass is 10.1. The number of piperazine rings is 1. The van der Waals surface area contributed by atoms with Gasteiger partial charge in [-0.2, -0.15) is 0 Å². The largest absolute Gasteiger partial charge is 0.368 e. The Kier molecular flexibility index (Phi) is 4.90. The zero-order valence-corrected chi connectivity index (χ0v) is 15.8. The number of nitrogens with zero attached hydrogens (tertiary/aromatic N) is 2. The molecule has 1 fully saturated rings. The maximum absolute atomic E-state index is 11.3. The van der Waals surface area contributed by atoms with Gasteiger partial charge in [0.1, 0.15) is 0 Å². The van der Waals surface area contributed by atoms with Gasteiger partial charge in [-0.05, 0) is 55.3 Å². The van der Waals surface area contributed by atoms with Crippen LogP contribution in [0.1, 0.15) is 11.1 Å². The first-order valence-corrected chi connectivity index (χ1v) is 10.4. The Balaban J connectivity index is 1.65. The van der Waals surface area contributed by atoms with Gasteiger partial charge in [-0.3, -0.25) is 4.72 Å². The maximum atomic E-state index is 11.3. The predicted octanol–water partition coefficient (Wildman–Crippen LogP) is 3.00. The van der Waals surface area contributed by atoms with E-state index in [1.165, 1.54) is 16.8 Å². The molecule has 0 aliphatic carbocycles. The van der Waals surface area contributed by atoms with E-state index in [1.807, 2.05) is 24.3 Å². The number of hydrogen-bond acceptors (Lipinski definition) is 4. The van der Waals surface area contributed by atoms with Crippen molar-refractivity contribution < 1.29 is 8.42 Å². The van der Waals surface area contributed by atoms with Crippen molar-refractivity contribution in [1.82, 2.24) is 0 Å². The molecular formula is C19H25N3O2S. The lowest BCUT2D eigenvalue weighted by molar-refractivity contribution is 0.607. The van der Waals surface area contributed by atoms with Crippen LogP contribution in [-0.2, 0) is 10.0 Å². The molecule has 0 bridgehead atoms. The van der Waals surface area contributed by atoms with Crippen molar-refractivity contribution >= 4 is 27.1 Å². The highest BCUT2D eigenvalue weighted by atomic mass is 32.2. The van der Waals surface area contributed by atoms with Gasteiger partial charge in [-0.15, -0.1) is 0 Å². The maximum Gasteiger partial charge on any atom is 0.229 e. The van der Waals surface area contributed by atoms with E-state index in [0.29, 0.717) is 5.69 Å². The third kappa shape index (κ3) is 4.25. The Morgan fingerprint density at radius 1 is 0.880 bits per heavy atom. The molecule has 6 heteroatoms.